The number of ether oxygens (including phenoxy) is 2. The Kier molecular flexibility index (Phi) is 2.93. The van der Waals surface area contributed by atoms with Crippen molar-refractivity contribution in [1.29, 1.82) is 0 Å². The van der Waals surface area contributed by atoms with Gasteiger partial charge in [0.15, 0.2) is 11.5 Å². The molecule has 1 aliphatic rings. The summed E-state index contributed by atoms with van der Waals surface area (Å²) in [7, 11) is 0. The Labute approximate surface area is 126 Å². The molecule has 0 radical (unpaired) electrons. The van der Waals surface area contributed by atoms with Gasteiger partial charge >= 0.3 is 0 Å². The molecule has 6 heteroatoms. The first-order valence-corrected chi connectivity index (χ1v) is 6.98. The van der Waals surface area contributed by atoms with Crippen LogP contribution in [0.1, 0.15) is 0 Å². The molecule has 3 N–H and O–H groups in total. The summed E-state index contributed by atoms with van der Waals surface area (Å²) in [6, 6.07) is 13.3. The van der Waals surface area contributed by atoms with Crippen molar-refractivity contribution in [3.63, 3.8) is 0 Å². The maximum Gasteiger partial charge on any atom is 0.229 e. The zero-order valence-corrected chi connectivity index (χ0v) is 11.7. The van der Waals surface area contributed by atoms with Crippen LogP contribution < -0.4 is 20.5 Å². The van der Waals surface area contributed by atoms with Crippen LogP contribution in [0.2, 0.25) is 0 Å². The van der Waals surface area contributed by atoms with Crippen LogP contribution in [-0.4, -0.2) is 23.2 Å². The number of nitrogens with zero attached hydrogens (tertiary/aromatic N) is 2. The summed E-state index contributed by atoms with van der Waals surface area (Å²) in [5.74, 6) is 2.36. The van der Waals surface area contributed by atoms with Crippen LogP contribution in [0.25, 0.3) is 10.9 Å². The molecule has 0 saturated heterocycles. The van der Waals surface area contributed by atoms with Crippen molar-refractivity contribution in [3.8, 4) is 11.5 Å². The first-order valence-electron chi connectivity index (χ1n) is 6.98. The highest BCUT2D eigenvalue weighted by atomic mass is 16.6. The smallest absolute Gasteiger partial charge is 0.229 e. The van der Waals surface area contributed by atoms with E-state index in [1.807, 2.05) is 42.5 Å². The molecular weight excluding hydrogens is 280 g/mol. The minimum Gasteiger partial charge on any atom is -0.486 e. The molecule has 22 heavy (non-hydrogen) atoms. The fraction of sp³-hybridized carbons (Fsp3) is 0.125. The van der Waals surface area contributed by atoms with E-state index < -0.39 is 0 Å². The van der Waals surface area contributed by atoms with Gasteiger partial charge in [-0.1, -0.05) is 12.1 Å². The van der Waals surface area contributed by atoms with Crippen LogP contribution in [-0.2, 0) is 0 Å². The number of fused-ring (bicyclic) bond motifs is 2. The summed E-state index contributed by atoms with van der Waals surface area (Å²) in [5.41, 5.74) is 7.61. The quantitative estimate of drug-likeness (QED) is 0.756. The number of aromatic nitrogens is 2. The van der Waals surface area contributed by atoms with Gasteiger partial charge in [0.1, 0.15) is 19.0 Å². The number of nitrogen functional groups attached to an aromatic ring is 1. The molecular formula is C16H14N4O2. The Hall–Kier alpha value is -3.02. The summed E-state index contributed by atoms with van der Waals surface area (Å²) >= 11 is 0. The molecule has 0 fully saturated rings. The van der Waals surface area contributed by atoms with Crippen molar-refractivity contribution in [3.05, 3.63) is 42.5 Å². The summed E-state index contributed by atoms with van der Waals surface area (Å²) in [6.45, 7) is 1.12. The molecule has 1 aromatic heterocycles. The fourth-order valence-electron chi connectivity index (χ4n) is 2.41. The second kappa shape index (κ2) is 5.07. The number of benzene rings is 2. The van der Waals surface area contributed by atoms with Crippen molar-refractivity contribution < 1.29 is 9.47 Å². The van der Waals surface area contributed by atoms with E-state index in [0.717, 1.165) is 22.3 Å². The molecule has 0 unspecified atom stereocenters. The van der Waals surface area contributed by atoms with E-state index in [-0.39, 0.29) is 0 Å². The third kappa shape index (κ3) is 2.24. The van der Waals surface area contributed by atoms with Gasteiger partial charge in [-0.05, 0) is 24.3 Å². The molecule has 0 aliphatic carbocycles. The Morgan fingerprint density at radius 3 is 2.68 bits per heavy atom. The highest BCUT2D eigenvalue weighted by Gasteiger charge is 2.12. The Morgan fingerprint density at radius 2 is 1.77 bits per heavy atom. The lowest BCUT2D eigenvalue weighted by Crippen LogP contribution is -2.15. The Bertz CT molecular complexity index is 851. The molecule has 4 rings (SSSR count). The van der Waals surface area contributed by atoms with Crippen molar-refractivity contribution in [2.24, 2.45) is 0 Å². The monoisotopic (exact) mass is 294 g/mol. The minimum absolute atomic E-state index is 0.450. The van der Waals surface area contributed by atoms with E-state index in [4.69, 9.17) is 15.2 Å². The summed E-state index contributed by atoms with van der Waals surface area (Å²) in [5, 5.41) is 3.99. The van der Waals surface area contributed by atoms with E-state index in [0.29, 0.717) is 30.7 Å². The van der Waals surface area contributed by atoms with Gasteiger partial charge in [0.25, 0.3) is 0 Å². The third-order valence-electron chi connectivity index (χ3n) is 3.43. The molecule has 0 saturated carbocycles. The van der Waals surface area contributed by atoms with E-state index in [1.165, 1.54) is 0 Å². The van der Waals surface area contributed by atoms with Gasteiger partial charge in [0, 0.05) is 17.1 Å². The molecule has 6 nitrogen and oxygen atoms in total. The first-order chi connectivity index (χ1) is 10.8. The number of anilines is 3. The highest BCUT2D eigenvalue weighted by molar-refractivity contribution is 5.89. The van der Waals surface area contributed by atoms with E-state index in [2.05, 4.69) is 15.3 Å². The van der Waals surface area contributed by atoms with Gasteiger partial charge < -0.3 is 20.5 Å². The van der Waals surface area contributed by atoms with Gasteiger partial charge in [-0.3, -0.25) is 0 Å². The molecule has 1 aliphatic heterocycles. The van der Waals surface area contributed by atoms with Crippen molar-refractivity contribution in [2.45, 2.75) is 0 Å². The van der Waals surface area contributed by atoms with Gasteiger partial charge in [-0.15, -0.1) is 0 Å². The average Bonchev–Trinajstić information content (AvgIpc) is 2.55. The molecule has 0 bridgehead atoms. The molecule has 0 amide bonds. The van der Waals surface area contributed by atoms with Crippen molar-refractivity contribution in [2.75, 3.05) is 24.3 Å². The van der Waals surface area contributed by atoms with Gasteiger partial charge in [0.2, 0.25) is 5.95 Å². The second-order valence-corrected chi connectivity index (χ2v) is 4.93. The lowest BCUT2D eigenvalue weighted by molar-refractivity contribution is 0.171. The third-order valence-corrected chi connectivity index (χ3v) is 3.43. The van der Waals surface area contributed by atoms with Gasteiger partial charge in [-0.25, -0.2) is 4.98 Å². The Morgan fingerprint density at radius 1 is 0.955 bits per heavy atom. The molecule has 2 heterocycles. The van der Waals surface area contributed by atoms with E-state index in [9.17, 15) is 0 Å². The van der Waals surface area contributed by atoms with Crippen LogP contribution >= 0.6 is 0 Å². The lowest BCUT2D eigenvalue weighted by Gasteiger charge is -2.19. The number of hydrogen-bond donors (Lipinski definition) is 2. The highest BCUT2D eigenvalue weighted by Crippen LogP contribution is 2.33. The lowest BCUT2D eigenvalue weighted by atomic mass is 10.2. The number of nitrogens with two attached hydrogens (primary N) is 1. The van der Waals surface area contributed by atoms with Crippen LogP contribution in [0, 0.1) is 0 Å². The SMILES string of the molecule is Nc1nc(Nc2ccc3c(c2)OCCO3)nc2ccccc12. The van der Waals surface area contributed by atoms with Gasteiger partial charge in [-0.2, -0.15) is 4.98 Å². The number of hydrogen-bond acceptors (Lipinski definition) is 6. The fourth-order valence-corrected chi connectivity index (χ4v) is 2.41. The van der Waals surface area contributed by atoms with Crippen LogP contribution in [0.5, 0.6) is 11.5 Å². The maximum absolute atomic E-state index is 5.99. The number of para-hydroxylation sites is 1. The zero-order valence-electron chi connectivity index (χ0n) is 11.7. The Balaban J connectivity index is 1.68. The molecule has 0 atom stereocenters. The maximum atomic E-state index is 5.99. The van der Waals surface area contributed by atoms with Crippen LogP contribution in [0.4, 0.5) is 17.5 Å². The summed E-state index contributed by atoms with van der Waals surface area (Å²) in [6.07, 6.45) is 0. The molecule has 3 aromatic rings. The van der Waals surface area contributed by atoms with Crippen LogP contribution in [0.3, 0.4) is 0 Å². The summed E-state index contributed by atoms with van der Waals surface area (Å²) in [4.78, 5) is 8.76. The van der Waals surface area contributed by atoms with E-state index in [1.54, 1.807) is 0 Å². The first kappa shape index (κ1) is 12.7. The normalized spacial score (nSPS) is 13.1. The largest absolute Gasteiger partial charge is 0.486 e. The van der Waals surface area contributed by atoms with Crippen molar-refractivity contribution >= 4 is 28.4 Å². The standard InChI is InChI=1S/C16H14N4O2/c17-15-11-3-1-2-4-12(11)19-16(20-15)18-10-5-6-13-14(9-10)22-8-7-21-13/h1-6,9H,7-8H2,(H3,17,18,19,20). The predicted octanol–water partition coefficient (Wildman–Crippen LogP) is 2.73. The second-order valence-electron chi connectivity index (χ2n) is 4.93. The minimum atomic E-state index is 0.450. The zero-order chi connectivity index (χ0) is 14.9. The number of nitrogens with one attached hydrogen (secondary N) is 1. The average molecular weight is 294 g/mol. The van der Waals surface area contributed by atoms with Crippen molar-refractivity contribution in [1.82, 2.24) is 9.97 Å². The summed E-state index contributed by atoms with van der Waals surface area (Å²) < 4.78 is 11.1. The van der Waals surface area contributed by atoms with E-state index >= 15 is 0 Å². The van der Waals surface area contributed by atoms with Gasteiger partial charge in [0.05, 0.1) is 5.52 Å². The molecule has 2 aromatic carbocycles. The number of rotatable bonds is 2. The topological polar surface area (TPSA) is 82.3 Å². The van der Waals surface area contributed by atoms with Crippen LogP contribution in [0.15, 0.2) is 42.5 Å². The molecule has 0 spiro atoms. The predicted molar refractivity (Wildman–Crippen MR) is 84.7 cm³/mol. The molecule has 110 valence electrons.